The van der Waals surface area contributed by atoms with Crippen molar-refractivity contribution in [2.45, 2.75) is 31.7 Å². The molecule has 7 nitrogen and oxygen atoms in total. The third kappa shape index (κ3) is 4.52. The van der Waals surface area contributed by atoms with Crippen LogP contribution in [0.2, 0.25) is 0 Å². The molecule has 0 amide bonds. The molecule has 33 heavy (non-hydrogen) atoms. The van der Waals surface area contributed by atoms with Crippen LogP contribution in [0, 0.1) is 13.8 Å². The smallest absolute Gasteiger partial charge is 0.277 e. The van der Waals surface area contributed by atoms with Gasteiger partial charge in [-0.15, -0.1) is 10.2 Å². The first kappa shape index (κ1) is 21.3. The maximum atomic E-state index is 13.0. The maximum absolute atomic E-state index is 13.0. The number of carbonyl (C=O) groups is 1. The zero-order valence-corrected chi connectivity index (χ0v) is 19.2. The molecule has 0 aliphatic carbocycles. The Balaban J connectivity index is 1.24. The van der Waals surface area contributed by atoms with E-state index in [0.29, 0.717) is 29.8 Å². The van der Waals surface area contributed by atoms with Crippen LogP contribution in [0.4, 0.5) is 0 Å². The van der Waals surface area contributed by atoms with Gasteiger partial charge in [-0.05, 0) is 44.2 Å². The number of fused-ring (bicyclic) bond motifs is 1. The van der Waals surface area contributed by atoms with Crippen LogP contribution in [0.15, 0.2) is 70.3 Å². The molecule has 8 heteroatoms. The van der Waals surface area contributed by atoms with Crippen LogP contribution < -0.4 is 9.47 Å². The molecule has 0 saturated heterocycles. The second-order valence-electron chi connectivity index (χ2n) is 7.84. The Kier molecular flexibility index (Phi) is 5.92. The Morgan fingerprint density at radius 3 is 2.64 bits per heavy atom. The number of thioether (sulfide) groups is 1. The van der Waals surface area contributed by atoms with Gasteiger partial charge >= 0.3 is 0 Å². The summed E-state index contributed by atoms with van der Waals surface area (Å²) in [5.74, 6) is 2.19. The van der Waals surface area contributed by atoms with E-state index in [-0.39, 0.29) is 17.6 Å². The van der Waals surface area contributed by atoms with Gasteiger partial charge < -0.3 is 18.5 Å². The summed E-state index contributed by atoms with van der Waals surface area (Å²) in [6.45, 7) is 5.03. The lowest BCUT2D eigenvalue weighted by Crippen LogP contribution is -2.33. The van der Waals surface area contributed by atoms with Gasteiger partial charge in [0.25, 0.3) is 5.22 Å². The largest absolute Gasteiger partial charge is 0.486 e. The Hall–Kier alpha value is -3.52. The van der Waals surface area contributed by atoms with E-state index in [1.54, 1.807) is 0 Å². The summed E-state index contributed by atoms with van der Waals surface area (Å²) in [6.07, 6.45) is -0.128. The number of rotatable bonds is 7. The van der Waals surface area contributed by atoms with E-state index < -0.39 is 0 Å². The number of benzene rings is 2. The SMILES string of the molecule is Cc1cc(C(=O)CSc2nnc(-c3ccccc3)o2)c(C)n1C[C@H]1COc2ccccc2O1. The van der Waals surface area contributed by atoms with Crippen LogP contribution in [0.5, 0.6) is 11.5 Å². The van der Waals surface area contributed by atoms with Crippen LogP contribution in [0.1, 0.15) is 21.7 Å². The third-order valence-electron chi connectivity index (χ3n) is 5.58. The maximum Gasteiger partial charge on any atom is 0.277 e. The molecule has 0 N–H and O–H groups in total. The lowest BCUT2D eigenvalue weighted by atomic mass is 10.2. The average molecular weight is 462 g/mol. The number of aromatic nitrogens is 3. The minimum atomic E-state index is -0.128. The molecule has 168 valence electrons. The van der Waals surface area contributed by atoms with Gasteiger partial charge in [0.1, 0.15) is 6.61 Å². The van der Waals surface area contributed by atoms with Crippen molar-refractivity contribution in [1.29, 1.82) is 0 Å². The number of hydrogen-bond acceptors (Lipinski definition) is 7. The average Bonchev–Trinajstić information content (AvgIpc) is 3.43. The third-order valence-corrected chi connectivity index (χ3v) is 6.40. The fourth-order valence-corrected chi connectivity index (χ4v) is 4.54. The normalized spacial score (nSPS) is 14.9. The van der Waals surface area contributed by atoms with Crippen LogP contribution in [-0.4, -0.2) is 39.0 Å². The number of hydrogen-bond donors (Lipinski definition) is 0. The summed E-state index contributed by atoms with van der Waals surface area (Å²) in [5, 5.41) is 8.51. The number of aryl methyl sites for hydroxylation is 1. The fraction of sp³-hybridized carbons (Fsp3) is 0.240. The van der Waals surface area contributed by atoms with Crippen molar-refractivity contribution in [2.75, 3.05) is 12.4 Å². The van der Waals surface area contributed by atoms with E-state index in [4.69, 9.17) is 13.9 Å². The Labute approximate surface area is 195 Å². The van der Waals surface area contributed by atoms with E-state index in [2.05, 4.69) is 14.8 Å². The first-order valence-electron chi connectivity index (χ1n) is 10.7. The minimum absolute atomic E-state index is 0.0185. The first-order chi connectivity index (χ1) is 16.1. The highest BCUT2D eigenvalue weighted by Crippen LogP contribution is 2.32. The van der Waals surface area contributed by atoms with Crippen molar-refractivity contribution in [2.24, 2.45) is 0 Å². The highest BCUT2D eigenvalue weighted by molar-refractivity contribution is 7.99. The topological polar surface area (TPSA) is 79.4 Å². The monoisotopic (exact) mass is 461 g/mol. The van der Waals surface area contributed by atoms with Gasteiger partial charge in [-0.25, -0.2) is 0 Å². The number of nitrogens with zero attached hydrogens (tertiary/aromatic N) is 3. The summed E-state index contributed by atoms with van der Waals surface area (Å²) in [7, 11) is 0. The van der Waals surface area contributed by atoms with Crippen LogP contribution in [-0.2, 0) is 6.54 Å². The second kappa shape index (κ2) is 9.15. The molecule has 0 radical (unpaired) electrons. The van der Waals surface area contributed by atoms with Crippen molar-refractivity contribution in [3.05, 3.63) is 77.6 Å². The Morgan fingerprint density at radius 2 is 1.82 bits per heavy atom. The Morgan fingerprint density at radius 1 is 1.06 bits per heavy atom. The summed E-state index contributed by atoms with van der Waals surface area (Å²) in [6, 6.07) is 19.2. The van der Waals surface area contributed by atoms with Gasteiger partial charge in [-0.3, -0.25) is 4.79 Å². The quantitative estimate of drug-likeness (QED) is 0.284. The molecule has 2 aromatic heterocycles. The lowest BCUT2D eigenvalue weighted by molar-refractivity contribution is 0.0777. The zero-order chi connectivity index (χ0) is 22.8. The van der Waals surface area contributed by atoms with Crippen LogP contribution in [0.3, 0.4) is 0 Å². The van der Waals surface area contributed by atoms with Gasteiger partial charge in [0.15, 0.2) is 23.4 Å². The first-order valence-corrected chi connectivity index (χ1v) is 11.7. The zero-order valence-electron chi connectivity index (χ0n) is 18.4. The molecule has 1 atom stereocenters. The molecular formula is C25H23N3O4S. The molecule has 0 bridgehead atoms. The molecule has 0 fully saturated rings. The number of ether oxygens (including phenoxy) is 2. The number of ketones is 1. The van der Waals surface area contributed by atoms with Crippen molar-refractivity contribution in [3.63, 3.8) is 0 Å². The fourth-order valence-electron chi connectivity index (χ4n) is 3.89. The predicted octanol–water partition coefficient (Wildman–Crippen LogP) is 4.97. The van der Waals surface area contributed by atoms with Gasteiger partial charge in [0.2, 0.25) is 5.89 Å². The summed E-state index contributed by atoms with van der Waals surface area (Å²) in [4.78, 5) is 13.0. The lowest BCUT2D eigenvalue weighted by Gasteiger charge is -2.27. The summed E-state index contributed by atoms with van der Waals surface area (Å²) < 4.78 is 19.7. The molecular weight excluding hydrogens is 438 g/mol. The molecule has 1 aliphatic heterocycles. The minimum Gasteiger partial charge on any atom is -0.486 e. The van der Waals surface area contributed by atoms with E-state index in [1.807, 2.05) is 74.5 Å². The molecule has 5 rings (SSSR count). The Bertz CT molecular complexity index is 1280. The van der Waals surface area contributed by atoms with Crippen molar-refractivity contribution >= 4 is 17.5 Å². The van der Waals surface area contributed by atoms with E-state index in [0.717, 1.165) is 28.5 Å². The van der Waals surface area contributed by atoms with E-state index in [9.17, 15) is 4.79 Å². The van der Waals surface area contributed by atoms with E-state index >= 15 is 0 Å². The number of carbonyl (C=O) groups excluding carboxylic acids is 1. The molecule has 1 aliphatic rings. The molecule has 0 spiro atoms. The van der Waals surface area contributed by atoms with Crippen molar-refractivity contribution in [3.8, 4) is 23.0 Å². The van der Waals surface area contributed by atoms with Gasteiger partial charge in [-0.2, -0.15) is 0 Å². The predicted molar refractivity (Wildman–Crippen MR) is 125 cm³/mol. The van der Waals surface area contributed by atoms with Gasteiger partial charge in [0.05, 0.1) is 12.3 Å². The number of Topliss-reactive ketones (excluding diaryl/α,β-unsaturated/α-hetero) is 1. The summed E-state index contributed by atoms with van der Waals surface area (Å²) >= 11 is 1.25. The van der Waals surface area contributed by atoms with Crippen molar-refractivity contribution < 1.29 is 18.7 Å². The van der Waals surface area contributed by atoms with Gasteiger partial charge in [-0.1, -0.05) is 42.1 Å². The second-order valence-corrected chi connectivity index (χ2v) is 8.77. The van der Waals surface area contributed by atoms with Gasteiger partial charge in [0, 0.05) is 22.5 Å². The highest BCUT2D eigenvalue weighted by atomic mass is 32.2. The molecule has 0 unspecified atom stereocenters. The molecule has 3 heterocycles. The highest BCUT2D eigenvalue weighted by Gasteiger charge is 2.24. The van der Waals surface area contributed by atoms with E-state index in [1.165, 1.54) is 11.8 Å². The van der Waals surface area contributed by atoms with Crippen LogP contribution >= 0.6 is 11.8 Å². The summed E-state index contributed by atoms with van der Waals surface area (Å²) in [5.41, 5.74) is 3.46. The molecule has 4 aromatic rings. The molecule has 2 aromatic carbocycles. The van der Waals surface area contributed by atoms with Crippen molar-refractivity contribution in [1.82, 2.24) is 14.8 Å². The number of para-hydroxylation sites is 2. The van der Waals surface area contributed by atoms with Crippen LogP contribution in [0.25, 0.3) is 11.5 Å². The molecule has 0 saturated carbocycles. The standard InChI is InChI=1S/C25H23N3O4S/c1-16-12-20(17(2)28(16)13-19-14-30-22-10-6-7-11-23(22)31-19)21(29)15-33-25-27-26-24(32-25)18-8-4-3-5-9-18/h3-12,19H,13-15H2,1-2H3/t19-/m0/s1.